The summed E-state index contributed by atoms with van der Waals surface area (Å²) in [5.74, 6) is 0.100. The predicted octanol–water partition coefficient (Wildman–Crippen LogP) is 2.51. The van der Waals surface area contributed by atoms with Gasteiger partial charge in [-0.2, -0.15) is 0 Å². The van der Waals surface area contributed by atoms with Crippen LogP contribution in [-0.2, 0) is 0 Å². The minimum Gasteiger partial charge on any atom is -0.361 e. The third-order valence-corrected chi connectivity index (χ3v) is 4.22. The van der Waals surface area contributed by atoms with E-state index in [1.54, 1.807) is 0 Å². The third-order valence-electron chi connectivity index (χ3n) is 4.22. The molecule has 0 aliphatic carbocycles. The van der Waals surface area contributed by atoms with Crippen LogP contribution in [0.3, 0.4) is 0 Å². The summed E-state index contributed by atoms with van der Waals surface area (Å²) in [5.41, 5.74) is 7.80. The average molecular weight is 271 g/mol. The van der Waals surface area contributed by atoms with Crippen molar-refractivity contribution in [3.05, 3.63) is 36.0 Å². The first kappa shape index (κ1) is 13.2. The van der Waals surface area contributed by atoms with Gasteiger partial charge in [0, 0.05) is 35.9 Å². The molecular weight excluding hydrogens is 250 g/mol. The molecule has 20 heavy (non-hydrogen) atoms. The Labute approximate surface area is 118 Å². The van der Waals surface area contributed by atoms with Crippen molar-refractivity contribution in [1.82, 2.24) is 9.88 Å². The second kappa shape index (κ2) is 5.29. The number of likely N-dealkylation sites (tertiary alicyclic amines) is 1. The van der Waals surface area contributed by atoms with Gasteiger partial charge in [-0.3, -0.25) is 4.79 Å². The first-order chi connectivity index (χ1) is 9.66. The van der Waals surface area contributed by atoms with Crippen LogP contribution in [0.15, 0.2) is 30.5 Å². The topological polar surface area (TPSA) is 62.1 Å². The second-order valence-electron chi connectivity index (χ2n) is 5.70. The Morgan fingerprint density at radius 2 is 2.25 bits per heavy atom. The summed E-state index contributed by atoms with van der Waals surface area (Å²) in [6.07, 6.45) is 5.13. The van der Waals surface area contributed by atoms with Crippen LogP contribution in [0.2, 0.25) is 0 Å². The standard InChI is InChI=1S/C16H21N3O/c1-11(17)15-4-2-3-9-19(15)16(20)13-6-5-12-7-8-18-14(12)10-13/h5-8,10-11,15,18H,2-4,9,17H2,1H3. The van der Waals surface area contributed by atoms with Crippen molar-refractivity contribution in [1.29, 1.82) is 0 Å². The van der Waals surface area contributed by atoms with Crippen LogP contribution in [0.4, 0.5) is 0 Å². The molecule has 2 atom stereocenters. The Morgan fingerprint density at radius 3 is 3.05 bits per heavy atom. The van der Waals surface area contributed by atoms with Gasteiger partial charge < -0.3 is 15.6 Å². The fourth-order valence-electron chi connectivity index (χ4n) is 3.10. The molecule has 2 unspecified atom stereocenters. The van der Waals surface area contributed by atoms with Gasteiger partial charge in [0.1, 0.15) is 0 Å². The molecule has 0 spiro atoms. The summed E-state index contributed by atoms with van der Waals surface area (Å²) in [4.78, 5) is 17.8. The van der Waals surface area contributed by atoms with Crippen molar-refractivity contribution >= 4 is 16.8 Å². The number of benzene rings is 1. The lowest BCUT2D eigenvalue weighted by molar-refractivity contribution is 0.0584. The van der Waals surface area contributed by atoms with Crippen molar-refractivity contribution in [3.63, 3.8) is 0 Å². The molecule has 2 heterocycles. The van der Waals surface area contributed by atoms with Gasteiger partial charge in [-0.15, -0.1) is 0 Å². The van der Waals surface area contributed by atoms with Gasteiger partial charge in [-0.25, -0.2) is 0 Å². The van der Waals surface area contributed by atoms with Crippen molar-refractivity contribution in [2.75, 3.05) is 6.54 Å². The highest BCUT2D eigenvalue weighted by molar-refractivity contribution is 5.98. The smallest absolute Gasteiger partial charge is 0.254 e. The third kappa shape index (κ3) is 2.31. The number of H-pyrrole nitrogens is 1. The summed E-state index contributed by atoms with van der Waals surface area (Å²) in [6, 6.07) is 8.03. The SMILES string of the molecule is CC(N)C1CCCCN1C(=O)c1ccc2cc[nH]c2c1. The molecule has 3 N–H and O–H groups in total. The maximum atomic E-state index is 12.7. The van der Waals surface area contributed by atoms with Gasteiger partial charge in [0.15, 0.2) is 0 Å². The van der Waals surface area contributed by atoms with E-state index in [1.807, 2.05) is 42.3 Å². The normalized spacial score (nSPS) is 21.1. The molecule has 3 rings (SSSR count). The molecule has 0 saturated carbocycles. The number of piperidine rings is 1. The Balaban J connectivity index is 1.89. The van der Waals surface area contributed by atoms with Gasteiger partial charge in [0.25, 0.3) is 5.91 Å². The molecule has 1 saturated heterocycles. The van der Waals surface area contributed by atoms with Gasteiger partial charge in [0.2, 0.25) is 0 Å². The molecule has 1 aliphatic heterocycles. The Morgan fingerprint density at radius 1 is 1.40 bits per heavy atom. The number of aromatic nitrogens is 1. The quantitative estimate of drug-likeness (QED) is 0.881. The fourth-order valence-corrected chi connectivity index (χ4v) is 3.10. The van der Waals surface area contributed by atoms with Crippen LogP contribution in [0.25, 0.3) is 10.9 Å². The van der Waals surface area contributed by atoms with E-state index in [0.29, 0.717) is 0 Å². The fraction of sp³-hybridized carbons (Fsp3) is 0.438. The Bertz CT molecular complexity index is 617. The van der Waals surface area contributed by atoms with E-state index in [1.165, 1.54) is 0 Å². The molecule has 1 amide bonds. The van der Waals surface area contributed by atoms with Gasteiger partial charge in [-0.1, -0.05) is 6.07 Å². The summed E-state index contributed by atoms with van der Waals surface area (Å²) in [7, 11) is 0. The summed E-state index contributed by atoms with van der Waals surface area (Å²) in [6.45, 7) is 2.80. The highest BCUT2D eigenvalue weighted by atomic mass is 16.2. The number of hydrogen-bond acceptors (Lipinski definition) is 2. The van der Waals surface area contributed by atoms with Crippen molar-refractivity contribution < 1.29 is 4.79 Å². The Kier molecular flexibility index (Phi) is 3.49. The molecular formula is C16H21N3O. The molecule has 0 radical (unpaired) electrons. The van der Waals surface area contributed by atoms with Crippen LogP contribution in [0.5, 0.6) is 0 Å². The van der Waals surface area contributed by atoms with E-state index >= 15 is 0 Å². The summed E-state index contributed by atoms with van der Waals surface area (Å²) in [5, 5.41) is 1.13. The van der Waals surface area contributed by atoms with Gasteiger partial charge >= 0.3 is 0 Å². The molecule has 106 valence electrons. The average Bonchev–Trinajstić information content (AvgIpc) is 2.93. The van der Waals surface area contributed by atoms with Crippen molar-refractivity contribution in [2.24, 2.45) is 5.73 Å². The molecule has 4 heteroatoms. The maximum Gasteiger partial charge on any atom is 0.254 e. The van der Waals surface area contributed by atoms with Crippen LogP contribution < -0.4 is 5.73 Å². The Hall–Kier alpha value is -1.81. The summed E-state index contributed by atoms with van der Waals surface area (Å²) < 4.78 is 0. The molecule has 0 bridgehead atoms. The zero-order valence-electron chi connectivity index (χ0n) is 11.8. The second-order valence-corrected chi connectivity index (χ2v) is 5.70. The first-order valence-corrected chi connectivity index (χ1v) is 7.30. The zero-order valence-corrected chi connectivity index (χ0v) is 11.8. The number of rotatable bonds is 2. The number of nitrogens with zero attached hydrogens (tertiary/aromatic N) is 1. The molecule has 1 aromatic heterocycles. The van der Waals surface area contributed by atoms with E-state index in [9.17, 15) is 4.79 Å². The predicted molar refractivity (Wildman–Crippen MR) is 80.6 cm³/mol. The molecule has 4 nitrogen and oxygen atoms in total. The van der Waals surface area contributed by atoms with Crippen LogP contribution in [0, 0.1) is 0 Å². The number of nitrogens with one attached hydrogen (secondary N) is 1. The molecule has 1 aromatic carbocycles. The highest BCUT2D eigenvalue weighted by Gasteiger charge is 2.29. The zero-order chi connectivity index (χ0) is 14.1. The van der Waals surface area contributed by atoms with E-state index in [0.717, 1.165) is 42.3 Å². The number of aromatic amines is 1. The van der Waals surface area contributed by atoms with E-state index in [2.05, 4.69) is 4.98 Å². The minimum atomic E-state index is 0.0217. The lowest BCUT2D eigenvalue weighted by atomic mass is 9.96. The molecule has 2 aromatic rings. The number of amides is 1. The number of nitrogens with two attached hydrogens (primary N) is 1. The van der Waals surface area contributed by atoms with Crippen LogP contribution in [-0.4, -0.2) is 34.4 Å². The first-order valence-electron chi connectivity index (χ1n) is 7.30. The van der Waals surface area contributed by atoms with Crippen molar-refractivity contribution in [3.8, 4) is 0 Å². The van der Waals surface area contributed by atoms with Gasteiger partial charge in [-0.05, 0) is 49.8 Å². The largest absolute Gasteiger partial charge is 0.361 e. The number of hydrogen-bond donors (Lipinski definition) is 2. The van der Waals surface area contributed by atoms with Gasteiger partial charge in [0.05, 0.1) is 0 Å². The number of carbonyl (C=O) groups is 1. The van der Waals surface area contributed by atoms with E-state index in [-0.39, 0.29) is 18.0 Å². The monoisotopic (exact) mass is 271 g/mol. The van der Waals surface area contributed by atoms with Crippen LogP contribution >= 0.6 is 0 Å². The maximum absolute atomic E-state index is 12.7. The lowest BCUT2D eigenvalue weighted by Crippen LogP contribution is -2.51. The highest BCUT2D eigenvalue weighted by Crippen LogP contribution is 2.23. The minimum absolute atomic E-state index is 0.0217. The molecule has 1 aliphatic rings. The number of fused-ring (bicyclic) bond motifs is 1. The van der Waals surface area contributed by atoms with E-state index in [4.69, 9.17) is 5.73 Å². The number of carbonyl (C=O) groups excluding carboxylic acids is 1. The van der Waals surface area contributed by atoms with Crippen molar-refractivity contribution in [2.45, 2.75) is 38.3 Å². The molecule has 1 fully saturated rings. The summed E-state index contributed by atoms with van der Waals surface area (Å²) >= 11 is 0. The van der Waals surface area contributed by atoms with Crippen LogP contribution in [0.1, 0.15) is 36.5 Å². The van der Waals surface area contributed by atoms with E-state index < -0.39 is 0 Å². The lowest BCUT2D eigenvalue weighted by Gasteiger charge is -2.38.